The van der Waals surface area contributed by atoms with Gasteiger partial charge in [0.15, 0.2) is 0 Å². The molecule has 2 heteroatoms. The first kappa shape index (κ1) is 10.7. The molecule has 82 valence electrons. The first-order chi connectivity index (χ1) is 7.36. The van der Waals surface area contributed by atoms with E-state index < -0.39 is 0 Å². The predicted octanol–water partition coefficient (Wildman–Crippen LogP) is 1.52. The van der Waals surface area contributed by atoms with Crippen molar-refractivity contribution in [3.8, 4) is 0 Å². The Morgan fingerprint density at radius 3 is 2.87 bits per heavy atom. The lowest BCUT2D eigenvalue weighted by atomic mass is 10.0. The summed E-state index contributed by atoms with van der Waals surface area (Å²) in [6.07, 6.45) is 2.43. The molecular formula is C13H20N2. The lowest BCUT2D eigenvalue weighted by Gasteiger charge is -2.25. The van der Waals surface area contributed by atoms with Crippen molar-refractivity contribution in [2.45, 2.75) is 18.9 Å². The van der Waals surface area contributed by atoms with E-state index in [4.69, 9.17) is 0 Å². The SMILES string of the molecule is CN1CCNCCC1Cc1ccccc1. The molecule has 2 rings (SSSR count). The summed E-state index contributed by atoms with van der Waals surface area (Å²) >= 11 is 0. The van der Waals surface area contributed by atoms with Gasteiger partial charge in [0.1, 0.15) is 0 Å². The van der Waals surface area contributed by atoms with Crippen LogP contribution >= 0.6 is 0 Å². The Bertz CT molecular complexity index is 284. The Labute approximate surface area is 92.3 Å². The quantitative estimate of drug-likeness (QED) is 0.786. The molecule has 1 atom stereocenters. The molecular weight excluding hydrogens is 184 g/mol. The molecule has 1 aliphatic rings. The van der Waals surface area contributed by atoms with Crippen LogP contribution < -0.4 is 5.32 Å². The number of hydrogen-bond donors (Lipinski definition) is 1. The average Bonchev–Trinajstić information content (AvgIpc) is 2.46. The van der Waals surface area contributed by atoms with Crippen LogP contribution in [0.3, 0.4) is 0 Å². The Hall–Kier alpha value is -0.860. The molecule has 2 nitrogen and oxygen atoms in total. The molecule has 0 spiro atoms. The molecule has 1 saturated heterocycles. The van der Waals surface area contributed by atoms with Gasteiger partial charge in [0.25, 0.3) is 0 Å². The number of rotatable bonds is 2. The van der Waals surface area contributed by atoms with Crippen molar-refractivity contribution in [1.82, 2.24) is 10.2 Å². The van der Waals surface area contributed by atoms with E-state index in [0.29, 0.717) is 6.04 Å². The van der Waals surface area contributed by atoms with Crippen molar-refractivity contribution < 1.29 is 0 Å². The fourth-order valence-corrected chi connectivity index (χ4v) is 2.20. The van der Waals surface area contributed by atoms with E-state index >= 15 is 0 Å². The van der Waals surface area contributed by atoms with E-state index in [1.165, 1.54) is 18.4 Å². The van der Waals surface area contributed by atoms with Gasteiger partial charge in [-0.1, -0.05) is 30.3 Å². The molecule has 0 amide bonds. The van der Waals surface area contributed by atoms with Crippen LogP contribution in [0.25, 0.3) is 0 Å². The summed E-state index contributed by atoms with van der Waals surface area (Å²) in [7, 11) is 2.24. The highest BCUT2D eigenvalue weighted by atomic mass is 15.2. The normalized spacial score (nSPS) is 23.7. The zero-order valence-corrected chi connectivity index (χ0v) is 9.45. The van der Waals surface area contributed by atoms with Crippen LogP contribution in [0.2, 0.25) is 0 Å². The second kappa shape index (κ2) is 5.29. The molecule has 1 aromatic rings. The zero-order chi connectivity index (χ0) is 10.5. The third kappa shape index (κ3) is 3.05. The molecule has 1 heterocycles. The van der Waals surface area contributed by atoms with Gasteiger partial charge in [0, 0.05) is 19.1 Å². The fourth-order valence-electron chi connectivity index (χ4n) is 2.20. The Morgan fingerprint density at radius 2 is 2.07 bits per heavy atom. The maximum absolute atomic E-state index is 3.45. The van der Waals surface area contributed by atoms with Gasteiger partial charge in [-0.15, -0.1) is 0 Å². The van der Waals surface area contributed by atoms with Crippen LogP contribution in [-0.2, 0) is 6.42 Å². The number of nitrogens with zero attached hydrogens (tertiary/aromatic N) is 1. The van der Waals surface area contributed by atoms with Crippen molar-refractivity contribution in [3.05, 3.63) is 35.9 Å². The average molecular weight is 204 g/mol. The minimum atomic E-state index is 0.697. The first-order valence-electron chi connectivity index (χ1n) is 5.81. The highest BCUT2D eigenvalue weighted by Crippen LogP contribution is 2.11. The van der Waals surface area contributed by atoms with Gasteiger partial charge < -0.3 is 10.2 Å². The van der Waals surface area contributed by atoms with Crippen LogP contribution in [0.15, 0.2) is 30.3 Å². The van der Waals surface area contributed by atoms with E-state index in [1.807, 2.05) is 0 Å². The van der Waals surface area contributed by atoms with Crippen molar-refractivity contribution in [3.63, 3.8) is 0 Å². The summed E-state index contributed by atoms with van der Waals surface area (Å²) in [5.41, 5.74) is 1.45. The Kier molecular flexibility index (Phi) is 3.75. The molecule has 1 aromatic carbocycles. The Balaban J connectivity index is 1.97. The van der Waals surface area contributed by atoms with E-state index in [-0.39, 0.29) is 0 Å². The topological polar surface area (TPSA) is 15.3 Å². The van der Waals surface area contributed by atoms with E-state index in [0.717, 1.165) is 19.6 Å². The smallest absolute Gasteiger partial charge is 0.0145 e. The fraction of sp³-hybridized carbons (Fsp3) is 0.538. The monoisotopic (exact) mass is 204 g/mol. The predicted molar refractivity (Wildman–Crippen MR) is 64.1 cm³/mol. The van der Waals surface area contributed by atoms with Gasteiger partial charge in [-0.3, -0.25) is 0 Å². The second-order valence-electron chi connectivity index (χ2n) is 4.36. The first-order valence-corrected chi connectivity index (χ1v) is 5.81. The molecule has 1 fully saturated rings. The van der Waals surface area contributed by atoms with Crippen LogP contribution in [-0.4, -0.2) is 37.6 Å². The molecule has 0 radical (unpaired) electrons. The van der Waals surface area contributed by atoms with Crippen LogP contribution in [0.5, 0.6) is 0 Å². The number of benzene rings is 1. The van der Waals surface area contributed by atoms with Gasteiger partial charge in [-0.2, -0.15) is 0 Å². The summed E-state index contributed by atoms with van der Waals surface area (Å²) < 4.78 is 0. The molecule has 1 aliphatic heterocycles. The lowest BCUT2D eigenvalue weighted by Crippen LogP contribution is -2.34. The van der Waals surface area contributed by atoms with Crippen molar-refractivity contribution >= 4 is 0 Å². The second-order valence-corrected chi connectivity index (χ2v) is 4.36. The highest BCUT2D eigenvalue weighted by Gasteiger charge is 2.17. The molecule has 0 bridgehead atoms. The minimum absolute atomic E-state index is 0.697. The van der Waals surface area contributed by atoms with Crippen molar-refractivity contribution in [2.24, 2.45) is 0 Å². The zero-order valence-electron chi connectivity index (χ0n) is 9.45. The van der Waals surface area contributed by atoms with Crippen molar-refractivity contribution in [1.29, 1.82) is 0 Å². The molecule has 1 N–H and O–H groups in total. The molecule has 1 unspecified atom stereocenters. The van der Waals surface area contributed by atoms with Crippen molar-refractivity contribution in [2.75, 3.05) is 26.7 Å². The maximum atomic E-state index is 3.45. The number of nitrogens with one attached hydrogen (secondary N) is 1. The number of likely N-dealkylation sites (N-methyl/N-ethyl adjacent to an activating group) is 1. The molecule has 0 saturated carbocycles. The largest absolute Gasteiger partial charge is 0.315 e. The minimum Gasteiger partial charge on any atom is -0.315 e. The van der Waals surface area contributed by atoms with Crippen LogP contribution in [0, 0.1) is 0 Å². The summed E-state index contributed by atoms with van der Waals surface area (Å²) in [5.74, 6) is 0. The molecule has 0 aromatic heterocycles. The standard InChI is InChI=1S/C13H20N2/c1-15-10-9-14-8-7-13(15)11-12-5-3-2-4-6-12/h2-6,13-14H,7-11H2,1H3. The summed E-state index contributed by atoms with van der Waals surface area (Å²) in [6, 6.07) is 11.5. The van der Waals surface area contributed by atoms with Crippen LogP contribution in [0.4, 0.5) is 0 Å². The molecule has 15 heavy (non-hydrogen) atoms. The van der Waals surface area contributed by atoms with Gasteiger partial charge in [0.05, 0.1) is 0 Å². The van der Waals surface area contributed by atoms with Gasteiger partial charge >= 0.3 is 0 Å². The summed E-state index contributed by atoms with van der Waals surface area (Å²) in [6.45, 7) is 3.45. The van der Waals surface area contributed by atoms with E-state index in [9.17, 15) is 0 Å². The highest BCUT2D eigenvalue weighted by molar-refractivity contribution is 5.16. The number of hydrogen-bond acceptors (Lipinski definition) is 2. The van der Waals surface area contributed by atoms with Gasteiger partial charge in [0.2, 0.25) is 0 Å². The molecule has 0 aliphatic carbocycles. The van der Waals surface area contributed by atoms with Gasteiger partial charge in [-0.25, -0.2) is 0 Å². The lowest BCUT2D eigenvalue weighted by molar-refractivity contribution is 0.252. The van der Waals surface area contributed by atoms with E-state index in [1.54, 1.807) is 0 Å². The summed E-state index contributed by atoms with van der Waals surface area (Å²) in [5, 5.41) is 3.45. The summed E-state index contributed by atoms with van der Waals surface area (Å²) in [4.78, 5) is 2.48. The van der Waals surface area contributed by atoms with Gasteiger partial charge in [-0.05, 0) is 32.0 Å². The third-order valence-electron chi connectivity index (χ3n) is 3.23. The Morgan fingerprint density at radius 1 is 1.27 bits per heavy atom. The maximum Gasteiger partial charge on any atom is 0.0145 e. The van der Waals surface area contributed by atoms with Crippen LogP contribution in [0.1, 0.15) is 12.0 Å². The van der Waals surface area contributed by atoms with E-state index in [2.05, 4.69) is 47.6 Å². The third-order valence-corrected chi connectivity index (χ3v) is 3.23.